The van der Waals surface area contributed by atoms with Crippen LogP contribution in [0.4, 0.5) is 10.5 Å². The molecule has 1 heterocycles. The maximum Gasteiger partial charge on any atom is 0.321 e. The number of amides is 4. The maximum atomic E-state index is 12.5. The van der Waals surface area contributed by atoms with Gasteiger partial charge in [0.2, 0.25) is 6.10 Å². The van der Waals surface area contributed by atoms with Gasteiger partial charge in [0, 0.05) is 19.2 Å². The third-order valence-electron chi connectivity index (χ3n) is 4.40. The van der Waals surface area contributed by atoms with Gasteiger partial charge in [0.15, 0.2) is 6.61 Å². The number of rotatable bonds is 6. The number of nitrogens with one attached hydrogen (secondary N) is 2. The van der Waals surface area contributed by atoms with E-state index in [-0.39, 0.29) is 25.5 Å². The van der Waals surface area contributed by atoms with E-state index in [1.807, 2.05) is 0 Å². The Morgan fingerprint density at radius 3 is 2.53 bits per heavy atom. The number of nitrogens with zero attached hydrogens (tertiary/aromatic N) is 1. The van der Waals surface area contributed by atoms with E-state index in [1.54, 1.807) is 54.6 Å². The summed E-state index contributed by atoms with van der Waals surface area (Å²) >= 11 is 0. The fourth-order valence-electron chi connectivity index (χ4n) is 2.93. The molecule has 0 fully saturated rings. The van der Waals surface area contributed by atoms with E-state index in [9.17, 15) is 19.2 Å². The van der Waals surface area contributed by atoms with Gasteiger partial charge >= 0.3 is 12.0 Å². The molecule has 0 aromatic heterocycles. The summed E-state index contributed by atoms with van der Waals surface area (Å²) in [5, 5.41) is 4.38. The number of para-hydroxylation sites is 2. The molecule has 2 aromatic carbocycles. The first-order valence-electron chi connectivity index (χ1n) is 9.29. The van der Waals surface area contributed by atoms with Gasteiger partial charge in [0.05, 0.1) is 12.1 Å². The van der Waals surface area contributed by atoms with Crippen LogP contribution in [-0.4, -0.2) is 44.0 Å². The van der Waals surface area contributed by atoms with Crippen LogP contribution in [0.1, 0.15) is 18.1 Å². The van der Waals surface area contributed by atoms with Crippen LogP contribution in [0.5, 0.6) is 5.75 Å². The van der Waals surface area contributed by atoms with Gasteiger partial charge in [-0.1, -0.05) is 42.5 Å². The largest absolute Gasteiger partial charge is 0.482 e. The summed E-state index contributed by atoms with van der Waals surface area (Å²) in [5.41, 5.74) is 0.985. The van der Waals surface area contributed by atoms with E-state index in [1.165, 1.54) is 11.9 Å². The Hall–Kier alpha value is -3.88. The summed E-state index contributed by atoms with van der Waals surface area (Å²) in [6.45, 7) is -0.0517. The lowest BCUT2D eigenvalue weighted by Gasteiger charge is -2.29. The number of imide groups is 1. The van der Waals surface area contributed by atoms with Crippen molar-refractivity contribution in [2.24, 2.45) is 0 Å². The molecule has 0 unspecified atom stereocenters. The SMILES string of the molecule is CNC(=O)NC(=O)[C@H](OC(=O)CCN1C(=O)COc2ccccc21)c1ccccc1. The molecule has 3 rings (SSSR count). The van der Waals surface area contributed by atoms with E-state index < -0.39 is 24.0 Å². The quantitative estimate of drug-likeness (QED) is 0.697. The molecule has 0 radical (unpaired) electrons. The molecule has 1 atom stereocenters. The standard InChI is InChI=1S/C21H21N3O6/c1-22-21(28)23-20(27)19(14-7-3-2-4-8-14)30-18(26)11-12-24-15-9-5-6-10-16(15)29-13-17(24)25/h2-10,19H,11-13H2,1H3,(H2,22,23,27,28)/t19-/m1/s1. The van der Waals surface area contributed by atoms with Crippen LogP contribution in [0.15, 0.2) is 54.6 Å². The Balaban J connectivity index is 1.68. The van der Waals surface area contributed by atoms with Crippen molar-refractivity contribution in [3.8, 4) is 5.75 Å². The van der Waals surface area contributed by atoms with Crippen molar-refractivity contribution < 1.29 is 28.7 Å². The van der Waals surface area contributed by atoms with Gasteiger partial charge in [0.25, 0.3) is 11.8 Å². The highest BCUT2D eigenvalue weighted by Crippen LogP contribution is 2.31. The zero-order valence-electron chi connectivity index (χ0n) is 16.3. The minimum atomic E-state index is -1.30. The molecule has 1 aliphatic rings. The molecule has 30 heavy (non-hydrogen) atoms. The number of carbonyl (C=O) groups excluding carboxylic acids is 4. The van der Waals surface area contributed by atoms with Gasteiger partial charge in [-0.25, -0.2) is 4.79 Å². The van der Waals surface area contributed by atoms with Gasteiger partial charge in [-0.3, -0.25) is 19.7 Å². The molecule has 2 N–H and O–H groups in total. The third kappa shape index (κ3) is 4.93. The molecule has 1 aliphatic heterocycles. The predicted octanol–water partition coefficient (Wildman–Crippen LogP) is 1.54. The minimum Gasteiger partial charge on any atom is -0.482 e. The number of hydrogen-bond acceptors (Lipinski definition) is 6. The topological polar surface area (TPSA) is 114 Å². The fraction of sp³-hybridized carbons (Fsp3) is 0.238. The van der Waals surface area contributed by atoms with E-state index in [0.717, 1.165) is 0 Å². The Morgan fingerprint density at radius 1 is 1.10 bits per heavy atom. The molecule has 2 aromatic rings. The molecule has 0 bridgehead atoms. The second kappa shape index (κ2) is 9.55. The molecule has 156 valence electrons. The highest BCUT2D eigenvalue weighted by Gasteiger charge is 2.29. The number of hydrogen-bond donors (Lipinski definition) is 2. The molecule has 0 saturated carbocycles. The highest BCUT2D eigenvalue weighted by molar-refractivity contribution is 5.99. The summed E-state index contributed by atoms with van der Waals surface area (Å²) in [6, 6.07) is 14.7. The van der Waals surface area contributed by atoms with Crippen LogP contribution in [0.25, 0.3) is 0 Å². The number of fused-ring (bicyclic) bond motifs is 1. The van der Waals surface area contributed by atoms with Crippen molar-refractivity contribution in [3.05, 3.63) is 60.2 Å². The zero-order valence-corrected chi connectivity index (χ0v) is 16.3. The molecule has 4 amide bonds. The smallest absolute Gasteiger partial charge is 0.321 e. The zero-order chi connectivity index (χ0) is 21.5. The third-order valence-corrected chi connectivity index (χ3v) is 4.40. The van der Waals surface area contributed by atoms with Crippen LogP contribution in [0.2, 0.25) is 0 Å². The Morgan fingerprint density at radius 2 is 1.80 bits per heavy atom. The fourth-order valence-corrected chi connectivity index (χ4v) is 2.93. The van der Waals surface area contributed by atoms with Crippen molar-refractivity contribution in [2.45, 2.75) is 12.5 Å². The van der Waals surface area contributed by atoms with Gasteiger partial charge in [-0.2, -0.15) is 0 Å². The van der Waals surface area contributed by atoms with Crippen LogP contribution in [-0.2, 0) is 19.1 Å². The average Bonchev–Trinajstić information content (AvgIpc) is 2.77. The normalized spacial score (nSPS) is 13.5. The Bertz CT molecular complexity index is 947. The van der Waals surface area contributed by atoms with E-state index >= 15 is 0 Å². The lowest BCUT2D eigenvalue weighted by atomic mass is 10.1. The number of esters is 1. The van der Waals surface area contributed by atoms with Gasteiger partial charge in [-0.15, -0.1) is 0 Å². The molecule has 9 nitrogen and oxygen atoms in total. The summed E-state index contributed by atoms with van der Waals surface area (Å²) < 4.78 is 10.7. The summed E-state index contributed by atoms with van der Waals surface area (Å²) in [7, 11) is 1.36. The number of ether oxygens (including phenoxy) is 2. The van der Waals surface area contributed by atoms with Crippen molar-refractivity contribution in [1.29, 1.82) is 0 Å². The van der Waals surface area contributed by atoms with Gasteiger partial charge in [0.1, 0.15) is 5.75 Å². The lowest BCUT2D eigenvalue weighted by molar-refractivity contribution is -0.156. The van der Waals surface area contributed by atoms with Crippen LogP contribution in [0.3, 0.4) is 0 Å². The number of anilines is 1. The molecular weight excluding hydrogens is 390 g/mol. The monoisotopic (exact) mass is 411 g/mol. The molecule has 0 saturated heterocycles. The molecular formula is C21H21N3O6. The summed E-state index contributed by atoms with van der Waals surface area (Å²) in [4.78, 5) is 50.1. The number of carbonyl (C=O) groups is 4. The summed E-state index contributed by atoms with van der Waals surface area (Å²) in [5.74, 6) is -1.19. The number of urea groups is 1. The first kappa shape index (κ1) is 20.8. The average molecular weight is 411 g/mol. The molecule has 9 heteroatoms. The predicted molar refractivity (Wildman–Crippen MR) is 107 cm³/mol. The number of benzene rings is 2. The van der Waals surface area contributed by atoms with E-state index in [0.29, 0.717) is 17.0 Å². The maximum absolute atomic E-state index is 12.5. The first-order valence-corrected chi connectivity index (χ1v) is 9.29. The van der Waals surface area contributed by atoms with Crippen LogP contribution >= 0.6 is 0 Å². The molecule has 0 spiro atoms. The van der Waals surface area contributed by atoms with E-state index in [4.69, 9.17) is 9.47 Å². The van der Waals surface area contributed by atoms with Gasteiger partial charge in [-0.05, 0) is 12.1 Å². The first-order chi connectivity index (χ1) is 14.5. The highest BCUT2D eigenvalue weighted by atomic mass is 16.5. The summed E-state index contributed by atoms with van der Waals surface area (Å²) in [6.07, 6.45) is -1.44. The Labute approximate surface area is 172 Å². The van der Waals surface area contributed by atoms with Crippen LogP contribution in [0, 0.1) is 0 Å². The van der Waals surface area contributed by atoms with Crippen molar-refractivity contribution in [3.63, 3.8) is 0 Å². The lowest BCUT2D eigenvalue weighted by Crippen LogP contribution is -2.42. The second-order valence-corrected chi connectivity index (χ2v) is 6.40. The second-order valence-electron chi connectivity index (χ2n) is 6.40. The van der Waals surface area contributed by atoms with E-state index in [2.05, 4.69) is 10.6 Å². The van der Waals surface area contributed by atoms with Gasteiger partial charge < -0.3 is 19.7 Å². The van der Waals surface area contributed by atoms with Crippen molar-refractivity contribution in [1.82, 2.24) is 10.6 Å². The van der Waals surface area contributed by atoms with Crippen LogP contribution < -0.4 is 20.3 Å². The van der Waals surface area contributed by atoms with Crippen molar-refractivity contribution >= 4 is 29.5 Å². The Kier molecular flexibility index (Phi) is 6.63. The minimum absolute atomic E-state index is 0.0661. The molecule has 0 aliphatic carbocycles. The van der Waals surface area contributed by atoms with Crippen molar-refractivity contribution in [2.75, 3.05) is 25.1 Å².